The third kappa shape index (κ3) is 4.28. The predicted octanol–water partition coefficient (Wildman–Crippen LogP) is 3.02. The molecule has 0 amide bonds. The largest absolute Gasteiger partial charge is 0.319 e. The van der Waals surface area contributed by atoms with E-state index in [1.165, 1.54) is 28.5 Å². The molecule has 3 aromatic rings. The van der Waals surface area contributed by atoms with Crippen LogP contribution in [0.3, 0.4) is 0 Å². The molecular formula is C19H22FN5OS. The van der Waals surface area contributed by atoms with Gasteiger partial charge in [-0.3, -0.25) is 14.3 Å². The minimum atomic E-state index is -0.289. The Kier molecular flexibility index (Phi) is 5.76. The molecule has 6 nitrogen and oxygen atoms in total. The number of thioether (sulfide) groups is 1. The molecule has 0 aliphatic rings. The Labute approximate surface area is 161 Å². The summed E-state index contributed by atoms with van der Waals surface area (Å²) in [5.74, 6) is 1.08. The number of rotatable bonds is 6. The van der Waals surface area contributed by atoms with Crippen LogP contribution in [0.2, 0.25) is 0 Å². The summed E-state index contributed by atoms with van der Waals surface area (Å²) in [5.41, 5.74) is 1.67. The molecule has 0 saturated heterocycles. The molecule has 0 spiro atoms. The van der Waals surface area contributed by atoms with Gasteiger partial charge in [-0.15, -0.1) is 10.2 Å². The van der Waals surface area contributed by atoms with E-state index in [0.717, 1.165) is 17.1 Å². The van der Waals surface area contributed by atoms with Crippen LogP contribution < -0.4 is 5.56 Å². The number of aryl methyl sites for hydroxylation is 1. The first-order valence-electron chi connectivity index (χ1n) is 8.53. The minimum absolute atomic E-state index is 0.0286. The molecule has 1 aromatic carbocycles. The van der Waals surface area contributed by atoms with Crippen molar-refractivity contribution in [1.82, 2.24) is 24.2 Å². The maximum absolute atomic E-state index is 13.4. The van der Waals surface area contributed by atoms with Gasteiger partial charge in [0.25, 0.3) is 5.56 Å². The molecule has 2 aromatic heterocycles. The number of nitrogens with zero attached hydrogens (tertiary/aromatic N) is 5. The van der Waals surface area contributed by atoms with Gasteiger partial charge in [0.2, 0.25) is 0 Å². The summed E-state index contributed by atoms with van der Waals surface area (Å²) in [5, 5.41) is 9.42. The molecular weight excluding hydrogens is 365 g/mol. The maximum atomic E-state index is 13.4. The Bertz CT molecular complexity index is 981. The van der Waals surface area contributed by atoms with E-state index >= 15 is 0 Å². The van der Waals surface area contributed by atoms with E-state index in [9.17, 15) is 9.18 Å². The number of pyridine rings is 1. The lowest BCUT2D eigenvalue weighted by Crippen LogP contribution is -2.20. The van der Waals surface area contributed by atoms with Crippen molar-refractivity contribution < 1.29 is 4.39 Å². The molecule has 27 heavy (non-hydrogen) atoms. The molecule has 3 rings (SSSR count). The number of halogens is 1. The van der Waals surface area contributed by atoms with E-state index < -0.39 is 0 Å². The summed E-state index contributed by atoms with van der Waals surface area (Å²) >= 11 is 1.49. The predicted molar refractivity (Wildman–Crippen MR) is 105 cm³/mol. The van der Waals surface area contributed by atoms with Gasteiger partial charge in [0, 0.05) is 30.8 Å². The van der Waals surface area contributed by atoms with Crippen LogP contribution in [-0.2, 0) is 12.8 Å². The Morgan fingerprint density at radius 1 is 1.19 bits per heavy atom. The van der Waals surface area contributed by atoms with Crippen molar-refractivity contribution in [3.8, 4) is 5.69 Å². The fraction of sp³-hybridized carbons (Fsp3) is 0.316. The third-order valence-corrected chi connectivity index (χ3v) is 5.43. The molecule has 0 bridgehead atoms. The highest BCUT2D eigenvalue weighted by atomic mass is 32.2. The van der Waals surface area contributed by atoms with E-state index in [-0.39, 0.29) is 17.4 Å². The van der Waals surface area contributed by atoms with Gasteiger partial charge in [-0.2, -0.15) is 0 Å². The van der Waals surface area contributed by atoms with Gasteiger partial charge in [-0.25, -0.2) is 4.39 Å². The standard InChI is InChI=1S/C19H22FN5OS/c1-13(23(2)3)18-21-22-19(25(18)16-7-5-15(20)6-8-16)27-12-14-9-10-24(4)17(26)11-14/h5-11,13H,12H2,1-4H3/t13-/m0/s1. The van der Waals surface area contributed by atoms with Crippen LogP contribution in [0, 0.1) is 5.82 Å². The first kappa shape index (κ1) is 19.3. The van der Waals surface area contributed by atoms with Crippen LogP contribution in [-0.4, -0.2) is 38.3 Å². The average Bonchev–Trinajstić information content (AvgIpc) is 3.06. The number of hydrogen-bond acceptors (Lipinski definition) is 5. The van der Waals surface area contributed by atoms with Crippen LogP contribution in [0.4, 0.5) is 4.39 Å². The average molecular weight is 387 g/mol. The molecule has 0 saturated carbocycles. The molecule has 0 unspecified atom stereocenters. The zero-order valence-corrected chi connectivity index (χ0v) is 16.6. The SMILES string of the molecule is C[C@@H](c1nnc(SCc2ccn(C)c(=O)c2)n1-c1ccc(F)cc1)N(C)C. The van der Waals surface area contributed by atoms with Gasteiger partial charge < -0.3 is 4.57 Å². The summed E-state index contributed by atoms with van der Waals surface area (Å²) in [7, 11) is 5.67. The van der Waals surface area contributed by atoms with Gasteiger partial charge in [-0.1, -0.05) is 11.8 Å². The molecule has 0 aliphatic carbocycles. The zero-order chi connectivity index (χ0) is 19.6. The number of benzene rings is 1. The highest BCUT2D eigenvalue weighted by Gasteiger charge is 2.21. The Morgan fingerprint density at radius 2 is 1.89 bits per heavy atom. The van der Waals surface area contributed by atoms with E-state index in [2.05, 4.69) is 10.2 Å². The van der Waals surface area contributed by atoms with Gasteiger partial charge in [0.1, 0.15) is 5.82 Å². The number of aromatic nitrogens is 4. The highest BCUT2D eigenvalue weighted by molar-refractivity contribution is 7.98. The molecule has 0 N–H and O–H groups in total. The van der Waals surface area contributed by atoms with Crippen LogP contribution >= 0.6 is 11.8 Å². The van der Waals surface area contributed by atoms with Crippen molar-refractivity contribution in [3.05, 3.63) is 70.2 Å². The van der Waals surface area contributed by atoms with Crippen molar-refractivity contribution in [2.75, 3.05) is 14.1 Å². The second-order valence-corrected chi connectivity index (χ2v) is 7.51. The van der Waals surface area contributed by atoms with Crippen LogP contribution in [0.1, 0.15) is 24.4 Å². The lowest BCUT2D eigenvalue weighted by Gasteiger charge is -2.20. The normalized spacial score (nSPS) is 12.5. The van der Waals surface area contributed by atoms with Gasteiger partial charge >= 0.3 is 0 Å². The summed E-state index contributed by atoms with van der Waals surface area (Å²) in [4.78, 5) is 13.9. The van der Waals surface area contributed by atoms with Crippen molar-refractivity contribution in [2.45, 2.75) is 23.9 Å². The van der Waals surface area contributed by atoms with Crippen LogP contribution in [0.15, 0.2) is 52.5 Å². The number of hydrogen-bond donors (Lipinski definition) is 0. The van der Waals surface area contributed by atoms with Crippen molar-refractivity contribution >= 4 is 11.8 Å². The smallest absolute Gasteiger partial charge is 0.250 e. The fourth-order valence-electron chi connectivity index (χ4n) is 2.54. The van der Waals surface area contributed by atoms with Crippen LogP contribution in [0.5, 0.6) is 0 Å². The highest BCUT2D eigenvalue weighted by Crippen LogP contribution is 2.28. The summed E-state index contributed by atoms with van der Waals surface area (Å²) < 4.78 is 16.8. The molecule has 0 aliphatic heterocycles. The summed E-state index contributed by atoms with van der Waals surface area (Å²) in [6.07, 6.45) is 1.75. The second-order valence-electron chi connectivity index (χ2n) is 6.56. The van der Waals surface area contributed by atoms with E-state index in [1.54, 1.807) is 31.4 Å². The molecule has 0 fully saturated rings. The van der Waals surface area contributed by atoms with Gasteiger partial charge in [-0.05, 0) is 56.9 Å². The summed E-state index contributed by atoms with van der Waals surface area (Å²) in [6.45, 7) is 2.04. The monoisotopic (exact) mass is 387 g/mol. The molecule has 0 radical (unpaired) electrons. The Morgan fingerprint density at radius 3 is 2.52 bits per heavy atom. The van der Waals surface area contributed by atoms with E-state index in [0.29, 0.717) is 10.9 Å². The molecule has 1 atom stereocenters. The fourth-order valence-corrected chi connectivity index (χ4v) is 3.44. The lowest BCUT2D eigenvalue weighted by molar-refractivity contribution is 0.305. The first-order valence-corrected chi connectivity index (χ1v) is 9.51. The molecule has 8 heteroatoms. The first-order chi connectivity index (χ1) is 12.9. The van der Waals surface area contributed by atoms with E-state index in [1.807, 2.05) is 36.6 Å². The molecule has 2 heterocycles. The van der Waals surface area contributed by atoms with Crippen molar-refractivity contribution in [3.63, 3.8) is 0 Å². The lowest BCUT2D eigenvalue weighted by atomic mass is 10.2. The Hall–Kier alpha value is -2.45. The second kappa shape index (κ2) is 8.06. The van der Waals surface area contributed by atoms with Gasteiger partial charge in [0.05, 0.1) is 6.04 Å². The van der Waals surface area contributed by atoms with Crippen molar-refractivity contribution in [1.29, 1.82) is 0 Å². The maximum Gasteiger partial charge on any atom is 0.250 e. The quantitative estimate of drug-likeness (QED) is 0.609. The summed E-state index contributed by atoms with van der Waals surface area (Å²) in [6, 6.07) is 9.84. The zero-order valence-electron chi connectivity index (χ0n) is 15.8. The minimum Gasteiger partial charge on any atom is -0.319 e. The van der Waals surface area contributed by atoms with E-state index in [4.69, 9.17) is 0 Å². The van der Waals surface area contributed by atoms with Crippen LogP contribution in [0.25, 0.3) is 5.69 Å². The molecule has 142 valence electrons. The Balaban J connectivity index is 1.95. The van der Waals surface area contributed by atoms with Crippen molar-refractivity contribution in [2.24, 2.45) is 7.05 Å². The topological polar surface area (TPSA) is 56.0 Å². The third-order valence-electron chi connectivity index (χ3n) is 4.43. The van der Waals surface area contributed by atoms with Gasteiger partial charge in [0.15, 0.2) is 11.0 Å².